The fraction of sp³-hybridized carbons (Fsp3) is 0.250. The van der Waals surface area contributed by atoms with Crippen molar-refractivity contribution in [2.45, 2.75) is 48.8 Å². The fourth-order valence-electron chi connectivity index (χ4n) is 5.69. The van der Waals surface area contributed by atoms with E-state index in [0.717, 1.165) is 54.9 Å². The smallest absolute Gasteiger partial charge is 0.206 e. The number of sulfone groups is 1. The van der Waals surface area contributed by atoms with Crippen molar-refractivity contribution in [3.8, 4) is 34.5 Å². The number of anilines is 3. The van der Waals surface area contributed by atoms with Crippen LogP contribution in [0.15, 0.2) is 119 Å². The molecular weight excluding hydrogens is 639 g/mol. The molecule has 0 atom stereocenters. The molecule has 0 bridgehead atoms. The van der Waals surface area contributed by atoms with Gasteiger partial charge in [-0.1, -0.05) is 19.1 Å². The van der Waals surface area contributed by atoms with Crippen molar-refractivity contribution < 1.29 is 32.1 Å². The monoisotopic (exact) mass is 679 g/mol. The van der Waals surface area contributed by atoms with Crippen LogP contribution in [0.2, 0.25) is 0 Å². The van der Waals surface area contributed by atoms with Crippen molar-refractivity contribution in [2.24, 2.45) is 0 Å². The van der Waals surface area contributed by atoms with Gasteiger partial charge in [0.25, 0.3) is 0 Å². The van der Waals surface area contributed by atoms with Gasteiger partial charge < -0.3 is 28.6 Å². The fourth-order valence-corrected chi connectivity index (χ4v) is 6.95. The quantitative estimate of drug-likeness (QED) is 0.0993. The number of methoxy groups -OCH3 is 2. The minimum Gasteiger partial charge on any atom is -0.497 e. The van der Waals surface area contributed by atoms with Gasteiger partial charge in [-0.15, -0.1) is 0 Å². The lowest BCUT2D eigenvalue weighted by atomic mass is 10.1. The second kappa shape index (κ2) is 15.4. The number of aryl methyl sites for hydroxylation is 1. The molecule has 6 rings (SSSR count). The first-order valence-electron chi connectivity index (χ1n) is 16.5. The van der Waals surface area contributed by atoms with Gasteiger partial charge in [-0.05, 0) is 123 Å². The van der Waals surface area contributed by atoms with E-state index >= 15 is 0 Å². The minimum absolute atomic E-state index is 0.199. The maximum Gasteiger partial charge on any atom is 0.206 e. The summed E-state index contributed by atoms with van der Waals surface area (Å²) < 4.78 is 55.9. The lowest BCUT2D eigenvalue weighted by Gasteiger charge is -2.33. The zero-order valence-corrected chi connectivity index (χ0v) is 28.9. The molecule has 1 aliphatic heterocycles. The molecule has 0 fully saturated rings. The SMILES string of the molecule is CCc1ccc(OCCCCCCOc2ccc(S(=O)(=O)c3ccc(N4c5ccc(OC)cc5Oc5cc(OC)ccc54)cc3)cc2)cc1. The lowest BCUT2D eigenvalue weighted by Crippen LogP contribution is -2.16. The number of ether oxygens (including phenoxy) is 5. The van der Waals surface area contributed by atoms with Gasteiger partial charge in [-0.3, -0.25) is 0 Å². The molecule has 0 radical (unpaired) electrons. The van der Waals surface area contributed by atoms with Crippen LogP contribution in [0.1, 0.15) is 38.2 Å². The number of hydrogen-bond donors (Lipinski definition) is 0. The van der Waals surface area contributed by atoms with E-state index < -0.39 is 9.84 Å². The van der Waals surface area contributed by atoms with Crippen LogP contribution in [-0.2, 0) is 16.3 Å². The summed E-state index contributed by atoms with van der Waals surface area (Å²) in [6, 6.07) is 32.9. The molecule has 0 N–H and O–H groups in total. The maximum atomic E-state index is 13.6. The molecule has 9 heteroatoms. The molecule has 8 nitrogen and oxygen atoms in total. The van der Waals surface area contributed by atoms with Crippen LogP contribution in [0.5, 0.6) is 34.5 Å². The van der Waals surface area contributed by atoms with Crippen molar-refractivity contribution in [3.63, 3.8) is 0 Å². The highest BCUT2D eigenvalue weighted by molar-refractivity contribution is 7.91. The molecule has 0 amide bonds. The Morgan fingerprint density at radius 2 is 1.02 bits per heavy atom. The molecule has 0 spiro atoms. The number of fused-ring (bicyclic) bond motifs is 2. The first-order valence-corrected chi connectivity index (χ1v) is 18.0. The summed E-state index contributed by atoms with van der Waals surface area (Å²) in [5, 5.41) is 0. The second-order valence-electron chi connectivity index (χ2n) is 11.7. The van der Waals surface area contributed by atoms with Crippen molar-refractivity contribution in [1.29, 1.82) is 0 Å². The zero-order valence-electron chi connectivity index (χ0n) is 28.1. The van der Waals surface area contributed by atoms with Crippen LogP contribution in [-0.4, -0.2) is 35.9 Å². The standard InChI is InChI=1S/C40H41NO7S/c1-4-29-9-13-31(14-10-29)46-25-7-5-6-8-26-47-32-15-21-36(22-16-32)49(42,43)35-19-11-30(12-20-35)41-37-23-17-33(44-2)27-39(37)48-40-28-34(45-3)18-24-38(40)41/h9-24,27-28H,4-8,25-26H2,1-3H3. The summed E-state index contributed by atoms with van der Waals surface area (Å²) in [5.41, 5.74) is 3.68. The minimum atomic E-state index is -3.75. The summed E-state index contributed by atoms with van der Waals surface area (Å²) >= 11 is 0. The first-order chi connectivity index (χ1) is 23.9. The van der Waals surface area contributed by atoms with Crippen LogP contribution in [0, 0.1) is 0 Å². The second-order valence-corrected chi connectivity index (χ2v) is 13.6. The van der Waals surface area contributed by atoms with Crippen molar-refractivity contribution in [1.82, 2.24) is 0 Å². The molecular formula is C40H41NO7S. The number of rotatable bonds is 15. The summed E-state index contributed by atoms with van der Waals surface area (Å²) in [7, 11) is -0.538. The molecule has 0 saturated heterocycles. The van der Waals surface area contributed by atoms with E-state index in [4.69, 9.17) is 23.7 Å². The average Bonchev–Trinajstić information content (AvgIpc) is 3.14. The van der Waals surface area contributed by atoms with E-state index in [2.05, 4.69) is 19.1 Å². The van der Waals surface area contributed by atoms with Gasteiger partial charge in [-0.2, -0.15) is 0 Å². The van der Waals surface area contributed by atoms with Crippen LogP contribution >= 0.6 is 0 Å². The molecule has 0 unspecified atom stereocenters. The molecule has 1 heterocycles. The Bertz CT molecular complexity index is 1910. The van der Waals surface area contributed by atoms with E-state index in [1.54, 1.807) is 62.8 Å². The molecule has 0 aromatic heterocycles. The van der Waals surface area contributed by atoms with Crippen LogP contribution in [0.3, 0.4) is 0 Å². The van der Waals surface area contributed by atoms with Crippen LogP contribution in [0.4, 0.5) is 17.1 Å². The molecule has 0 saturated carbocycles. The van der Waals surface area contributed by atoms with Crippen molar-refractivity contribution in [3.05, 3.63) is 115 Å². The molecule has 49 heavy (non-hydrogen) atoms. The van der Waals surface area contributed by atoms with Gasteiger partial charge in [-0.25, -0.2) is 8.42 Å². The predicted octanol–water partition coefficient (Wildman–Crippen LogP) is 9.69. The molecule has 5 aromatic carbocycles. The normalized spacial score (nSPS) is 12.0. The molecule has 5 aromatic rings. The summed E-state index contributed by atoms with van der Waals surface area (Å²) in [4.78, 5) is 2.43. The van der Waals surface area contributed by atoms with Gasteiger partial charge in [0.15, 0.2) is 11.5 Å². The molecule has 254 valence electrons. The Balaban J connectivity index is 1.04. The van der Waals surface area contributed by atoms with Gasteiger partial charge in [0.1, 0.15) is 23.0 Å². The van der Waals surface area contributed by atoms with E-state index in [0.29, 0.717) is 42.0 Å². The van der Waals surface area contributed by atoms with Crippen LogP contribution in [0.25, 0.3) is 0 Å². The molecule has 1 aliphatic rings. The Labute approximate surface area is 288 Å². The lowest BCUT2D eigenvalue weighted by molar-refractivity contribution is 0.287. The van der Waals surface area contributed by atoms with Crippen molar-refractivity contribution in [2.75, 3.05) is 32.3 Å². The van der Waals surface area contributed by atoms with E-state index in [9.17, 15) is 8.42 Å². The van der Waals surface area contributed by atoms with E-state index in [1.807, 2.05) is 53.4 Å². The third-order valence-corrected chi connectivity index (χ3v) is 10.3. The largest absolute Gasteiger partial charge is 0.497 e. The number of unbranched alkanes of at least 4 members (excludes halogenated alkanes) is 3. The Morgan fingerprint density at radius 1 is 0.571 bits per heavy atom. The predicted molar refractivity (Wildman–Crippen MR) is 191 cm³/mol. The number of hydrogen-bond acceptors (Lipinski definition) is 8. The highest BCUT2D eigenvalue weighted by Crippen LogP contribution is 2.52. The highest BCUT2D eigenvalue weighted by Gasteiger charge is 2.27. The van der Waals surface area contributed by atoms with Gasteiger partial charge in [0.2, 0.25) is 9.84 Å². The summed E-state index contributed by atoms with van der Waals surface area (Å²) in [6.07, 6.45) is 5.01. The zero-order chi connectivity index (χ0) is 34.2. The summed E-state index contributed by atoms with van der Waals surface area (Å²) in [6.45, 7) is 3.41. The third kappa shape index (κ3) is 7.78. The Hall–Kier alpha value is -5.15. The van der Waals surface area contributed by atoms with Crippen molar-refractivity contribution >= 4 is 26.9 Å². The number of nitrogens with zero attached hydrogens (tertiary/aromatic N) is 1. The topological polar surface area (TPSA) is 83.5 Å². The first kappa shape index (κ1) is 33.7. The van der Waals surface area contributed by atoms with Gasteiger partial charge >= 0.3 is 0 Å². The molecule has 0 aliphatic carbocycles. The van der Waals surface area contributed by atoms with Gasteiger partial charge in [0.05, 0.1) is 48.6 Å². The third-order valence-electron chi connectivity index (χ3n) is 8.48. The van der Waals surface area contributed by atoms with Gasteiger partial charge in [0, 0.05) is 17.8 Å². The highest BCUT2D eigenvalue weighted by atomic mass is 32.2. The average molecular weight is 680 g/mol. The Kier molecular flexibility index (Phi) is 10.6. The van der Waals surface area contributed by atoms with E-state index in [1.165, 1.54) is 5.56 Å². The summed E-state index contributed by atoms with van der Waals surface area (Å²) in [5.74, 6) is 4.10. The van der Waals surface area contributed by atoms with Crippen LogP contribution < -0.4 is 28.6 Å². The maximum absolute atomic E-state index is 13.6. The number of benzene rings is 5. The van der Waals surface area contributed by atoms with E-state index in [-0.39, 0.29) is 9.79 Å². The Morgan fingerprint density at radius 3 is 1.49 bits per heavy atom.